The average Bonchev–Trinajstić information content (AvgIpc) is 2.30. The summed E-state index contributed by atoms with van der Waals surface area (Å²) in [7, 11) is 0. The maximum Gasteiger partial charge on any atom is 0.316 e. The van der Waals surface area contributed by atoms with Crippen LogP contribution in [0.5, 0.6) is 0 Å². The van der Waals surface area contributed by atoms with Gasteiger partial charge in [0.15, 0.2) is 0 Å². The van der Waals surface area contributed by atoms with Crippen LogP contribution >= 0.6 is 0 Å². The van der Waals surface area contributed by atoms with Gasteiger partial charge >= 0.3 is 5.97 Å². The lowest BCUT2D eigenvalue weighted by molar-refractivity contribution is -0.146. The van der Waals surface area contributed by atoms with E-state index in [-0.39, 0.29) is 11.8 Å². The molecule has 4 heteroatoms. The zero-order valence-electron chi connectivity index (χ0n) is 7.91. The number of carboxylic acid groups (broad SMARTS) is 1. The van der Waals surface area contributed by atoms with Crippen LogP contribution in [0.1, 0.15) is 20.3 Å². The molecule has 0 radical (unpaired) electrons. The minimum atomic E-state index is -0.999. The molecule has 0 aromatic carbocycles. The van der Waals surface area contributed by atoms with E-state index >= 15 is 0 Å². The largest absolute Gasteiger partial charge is 0.481 e. The number of carbonyl (C=O) groups excluding carboxylic acids is 1. The van der Waals surface area contributed by atoms with E-state index in [1.54, 1.807) is 0 Å². The van der Waals surface area contributed by atoms with Gasteiger partial charge in [-0.25, -0.2) is 0 Å². The van der Waals surface area contributed by atoms with Crippen molar-refractivity contribution in [1.29, 1.82) is 0 Å². The molecule has 1 aliphatic rings. The van der Waals surface area contributed by atoms with Gasteiger partial charge < -0.3 is 10.4 Å². The molecule has 1 aliphatic heterocycles. The van der Waals surface area contributed by atoms with E-state index in [2.05, 4.69) is 5.32 Å². The van der Waals surface area contributed by atoms with Crippen molar-refractivity contribution in [2.24, 2.45) is 17.8 Å². The molecule has 1 saturated heterocycles. The fraction of sp³-hybridized carbons (Fsp3) is 0.778. The first-order valence-electron chi connectivity index (χ1n) is 4.53. The van der Waals surface area contributed by atoms with Crippen LogP contribution in [0.4, 0.5) is 0 Å². The Kier molecular flexibility index (Phi) is 2.90. The van der Waals surface area contributed by atoms with Crippen LogP contribution in [0.3, 0.4) is 0 Å². The van der Waals surface area contributed by atoms with Crippen molar-refractivity contribution in [3.63, 3.8) is 0 Å². The number of amides is 1. The summed E-state index contributed by atoms with van der Waals surface area (Å²) < 4.78 is 0. The zero-order chi connectivity index (χ0) is 10.0. The lowest BCUT2D eigenvalue weighted by Crippen LogP contribution is -2.27. The van der Waals surface area contributed by atoms with E-state index in [0.717, 1.165) is 6.42 Å². The quantitative estimate of drug-likeness (QED) is 0.628. The molecule has 1 heterocycles. The summed E-state index contributed by atoms with van der Waals surface area (Å²) in [5.74, 6) is -1.77. The van der Waals surface area contributed by atoms with Crippen molar-refractivity contribution >= 4 is 11.9 Å². The molecule has 0 saturated carbocycles. The topological polar surface area (TPSA) is 66.4 Å². The first kappa shape index (κ1) is 10.0. The molecule has 0 bridgehead atoms. The number of rotatable bonds is 3. The van der Waals surface area contributed by atoms with Gasteiger partial charge in [-0.05, 0) is 18.3 Å². The standard InChI is InChI=1S/C9H15NO3/c1-5(2)3-6-4-10-8(11)7(6)9(12)13/h5-7H,3-4H2,1-2H3,(H,10,11)(H,12,13)/t6-,7+/m0/s1. The smallest absolute Gasteiger partial charge is 0.316 e. The van der Waals surface area contributed by atoms with E-state index < -0.39 is 11.9 Å². The van der Waals surface area contributed by atoms with Gasteiger partial charge in [-0.15, -0.1) is 0 Å². The first-order valence-corrected chi connectivity index (χ1v) is 4.53. The van der Waals surface area contributed by atoms with Crippen molar-refractivity contribution in [2.75, 3.05) is 6.54 Å². The second kappa shape index (κ2) is 3.77. The van der Waals surface area contributed by atoms with Crippen molar-refractivity contribution in [3.8, 4) is 0 Å². The molecule has 4 nitrogen and oxygen atoms in total. The van der Waals surface area contributed by atoms with Crippen LogP contribution in [0.2, 0.25) is 0 Å². The minimum Gasteiger partial charge on any atom is -0.481 e. The summed E-state index contributed by atoms with van der Waals surface area (Å²) >= 11 is 0. The van der Waals surface area contributed by atoms with Gasteiger partial charge in [-0.1, -0.05) is 13.8 Å². The fourth-order valence-electron chi connectivity index (χ4n) is 1.81. The first-order chi connectivity index (χ1) is 6.02. The van der Waals surface area contributed by atoms with Gasteiger partial charge in [0.1, 0.15) is 5.92 Å². The second-order valence-corrected chi connectivity index (χ2v) is 3.95. The van der Waals surface area contributed by atoms with Gasteiger partial charge in [-0.3, -0.25) is 9.59 Å². The highest BCUT2D eigenvalue weighted by atomic mass is 16.4. The summed E-state index contributed by atoms with van der Waals surface area (Å²) in [6, 6.07) is 0. The van der Waals surface area contributed by atoms with Crippen molar-refractivity contribution in [2.45, 2.75) is 20.3 Å². The normalized spacial score (nSPS) is 27.8. The SMILES string of the molecule is CC(C)C[C@H]1CNC(=O)[C@@H]1C(=O)O. The van der Waals surface area contributed by atoms with E-state index in [0.29, 0.717) is 12.5 Å². The Bertz CT molecular complexity index is 225. The lowest BCUT2D eigenvalue weighted by atomic mass is 9.88. The molecule has 13 heavy (non-hydrogen) atoms. The third kappa shape index (κ3) is 2.20. The Morgan fingerprint density at radius 2 is 2.31 bits per heavy atom. The van der Waals surface area contributed by atoms with Crippen LogP contribution < -0.4 is 5.32 Å². The van der Waals surface area contributed by atoms with Crippen molar-refractivity contribution in [3.05, 3.63) is 0 Å². The number of hydrogen-bond donors (Lipinski definition) is 2. The van der Waals surface area contributed by atoms with Crippen LogP contribution in [-0.2, 0) is 9.59 Å². The van der Waals surface area contributed by atoms with Crippen molar-refractivity contribution < 1.29 is 14.7 Å². The Balaban J connectivity index is 2.64. The monoisotopic (exact) mass is 185 g/mol. The number of carbonyl (C=O) groups is 2. The van der Waals surface area contributed by atoms with E-state index in [1.807, 2.05) is 13.8 Å². The summed E-state index contributed by atoms with van der Waals surface area (Å²) in [6.45, 7) is 4.57. The van der Waals surface area contributed by atoms with Gasteiger partial charge in [-0.2, -0.15) is 0 Å². The fourth-order valence-corrected chi connectivity index (χ4v) is 1.81. The third-order valence-corrected chi connectivity index (χ3v) is 2.33. The Morgan fingerprint density at radius 3 is 2.77 bits per heavy atom. The summed E-state index contributed by atoms with van der Waals surface area (Å²) in [4.78, 5) is 21.9. The molecular formula is C9H15NO3. The summed E-state index contributed by atoms with van der Waals surface area (Å²) in [5.41, 5.74) is 0. The van der Waals surface area contributed by atoms with E-state index in [9.17, 15) is 9.59 Å². The van der Waals surface area contributed by atoms with Gasteiger partial charge in [0.2, 0.25) is 5.91 Å². The molecule has 2 atom stereocenters. The predicted molar refractivity (Wildman–Crippen MR) is 47.1 cm³/mol. The number of nitrogens with one attached hydrogen (secondary N) is 1. The molecule has 2 N–H and O–H groups in total. The van der Waals surface area contributed by atoms with Gasteiger partial charge in [0.05, 0.1) is 0 Å². The number of hydrogen-bond acceptors (Lipinski definition) is 2. The Morgan fingerprint density at radius 1 is 1.69 bits per heavy atom. The van der Waals surface area contributed by atoms with E-state index in [4.69, 9.17) is 5.11 Å². The summed E-state index contributed by atoms with van der Waals surface area (Å²) in [6.07, 6.45) is 0.787. The molecule has 0 unspecified atom stereocenters. The molecule has 74 valence electrons. The van der Waals surface area contributed by atoms with E-state index in [1.165, 1.54) is 0 Å². The van der Waals surface area contributed by atoms with Crippen LogP contribution in [0, 0.1) is 17.8 Å². The molecule has 0 aliphatic carbocycles. The minimum absolute atomic E-state index is 0.0370. The second-order valence-electron chi connectivity index (χ2n) is 3.95. The highest BCUT2D eigenvalue weighted by Gasteiger charge is 2.40. The molecule has 1 fully saturated rings. The van der Waals surface area contributed by atoms with Crippen molar-refractivity contribution in [1.82, 2.24) is 5.32 Å². The third-order valence-electron chi connectivity index (χ3n) is 2.33. The highest BCUT2D eigenvalue weighted by molar-refractivity contribution is 5.98. The maximum absolute atomic E-state index is 11.1. The molecule has 1 rings (SSSR count). The lowest BCUT2D eigenvalue weighted by Gasteiger charge is -2.14. The van der Waals surface area contributed by atoms with Crippen LogP contribution in [0.15, 0.2) is 0 Å². The van der Waals surface area contributed by atoms with Gasteiger partial charge in [0, 0.05) is 6.54 Å². The molecule has 0 aromatic rings. The number of carboxylic acids is 1. The molecule has 0 aromatic heterocycles. The Hall–Kier alpha value is -1.06. The predicted octanol–water partition coefficient (Wildman–Crippen LogP) is 0.479. The average molecular weight is 185 g/mol. The molecule has 1 amide bonds. The number of aliphatic carboxylic acids is 1. The zero-order valence-corrected chi connectivity index (χ0v) is 7.91. The molecular weight excluding hydrogens is 170 g/mol. The van der Waals surface area contributed by atoms with Crippen LogP contribution in [0.25, 0.3) is 0 Å². The molecule has 0 spiro atoms. The summed E-state index contributed by atoms with van der Waals surface area (Å²) in [5, 5.41) is 11.4. The van der Waals surface area contributed by atoms with Crippen LogP contribution in [-0.4, -0.2) is 23.5 Å². The maximum atomic E-state index is 11.1. The van der Waals surface area contributed by atoms with Gasteiger partial charge in [0.25, 0.3) is 0 Å². The Labute approximate surface area is 77.3 Å². The highest BCUT2D eigenvalue weighted by Crippen LogP contribution is 2.24.